The van der Waals surface area contributed by atoms with Gasteiger partial charge in [0.2, 0.25) is 0 Å². The number of nitrogens with one attached hydrogen (secondary N) is 1. The van der Waals surface area contributed by atoms with E-state index < -0.39 is 29.8 Å². The van der Waals surface area contributed by atoms with Crippen LogP contribution in [-0.2, 0) is 19.1 Å². The highest BCUT2D eigenvalue weighted by molar-refractivity contribution is 5.96. The second-order valence-corrected chi connectivity index (χ2v) is 5.53. The van der Waals surface area contributed by atoms with Crippen LogP contribution in [0.1, 0.15) is 22.8 Å². The summed E-state index contributed by atoms with van der Waals surface area (Å²) < 4.78 is 22.7. The molecule has 0 bridgehead atoms. The van der Waals surface area contributed by atoms with Crippen LogP contribution in [0.25, 0.3) is 6.08 Å². The fourth-order valence-electron chi connectivity index (χ4n) is 2.09. The number of amides is 1. The van der Waals surface area contributed by atoms with Crippen molar-refractivity contribution in [2.75, 3.05) is 12.4 Å². The summed E-state index contributed by atoms with van der Waals surface area (Å²) in [7, 11) is 1.29. The summed E-state index contributed by atoms with van der Waals surface area (Å²) in [5.74, 6) is -2.24. The average Bonchev–Trinajstić information content (AvgIpc) is 2.66. The number of carbonyl (C=O) groups excluding carboxylic acids is 3. The summed E-state index contributed by atoms with van der Waals surface area (Å²) in [6.45, 7) is 1.41. The molecule has 0 fully saturated rings. The van der Waals surface area contributed by atoms with Gasteiger partial charge in [-0.25, -0.2) is 14.0 Å². The molecule has 0 spiro atoms. The van der Waals surface area contributed by atoms with Crippen molar-refractivity contribution in [3.63, 3.8) is 0 Å². The summed E-state index contributed by atoms with van der Waals surface area (Å²) in [6, 6.07) is 11.8. The third kappa shape index (κ3) is 6.07. The van der Waals surface area contributed by atoms with E-state index in [2.05, 4.69) is 10.1 Å². The van der Waals surface area contributed by atoms with E-state index in [0.717, 1.165) is 6.07 Å². The van der Waals surface area contributed by atoms with Crippen molar-refractivity contribution in [2.24, 2.45) is 0 Å². The van der Waals surface area contributed by atoms with E-state index in [4.69, 9.17) is 4.74 Å². The largest absolute Gasteiger partial charge is 0.465 e. The number of halogens is 1. The number of hydrogen-bond acceptors (Lipinski definition) is 5. The number of esters is 2. The lowest BCUT2D eigenvalue weighted by molar-refractivity contribution is -0.148. The van der Waals surface area contributed by atoms with E-state index in [1.165, 1.54) is 44.4 Å². The van der Waals surface area contributed by atoms with Gasteiger partial charge in [0.25, 0.3) is 5.91 Å². The lowest BCUT2D eigenvalue weighted by Gasteiger charge is -2.12. The Morgan fingerprint density at radius 2 is 1.81 bits per heavy atom. The summed E-state index contributed by atoms with van der Waals surface area (Å²) in [6.07, 6.45) is 1.59. The Labute approximate surface area is 155 Å². The Morgan fingerprint density at radius 3 is 2.44 bits per heavy atom. The minimum Gasteiger partial charge on any atom is -0.465 e. The number of rotatable bonds is 6. The van der Waals surface area contributed by atoms with Crippen molar-refractivity contribution < 1.29 is 28.2 Å². The molecule has 2 aromatic rings. The number of carbonyl (C=O) groups is 3. The van der Waals surface area contributed by atoms with E-state index in [9.17, 15) is 18.8 Å². The first-order chi connectivity index (χ1) is 12.9. The van der Waals surface area contributed by atoms with Crippen molar-refractivity contribution >= 4 is 29.6 Å². The van der Waals surface area contributed by atoms with E-state index in [0.29, 0.717) is 11.1 Å². The molecule has 0 heterocycles. The lowest BCUT2D eigenvalue weighted by atomic mass is 10.1. The Bertz CT molecular complexity index is 861. The summed E-state index contributed by atoms with van der Waals surface area (Å²) in [4.78, 5) is 35.2. The Balaban J connectivity index is 1.89. The van der Waals surface area contributed by atoms with Crippen LogP contribution in [0.4, 0.5) is 10.1 Å². The molecule has 1 atom stereocenters. The molecule has 27 heavy (non-hydrogen) atoms. The van der Waals surface area contributed by atoms with Crippen molar-refractivity contribution in [3.8, 4) is 0 Å². The smallest absolute Gasteiger partial charge is 0.337 e. The van der Waals surface area contributed by atoms with Gasteiger partial charge in [-0.1, -0.05) is 18.2 Å². The molecule has 6 nitrogen and oxygen atoms in total. The highest BCUT2D eigenvalue weighted by Crippen LogP contribution is 2.11. The second kappa shape index (κ2) is 9.28. The summed E-state index contributed by atoms with van der Waals surface area (Å²) in [5, 5.41) is 2.46. The summed E-state index contributed by atoms with van der Waals surface area (Å²) >= 11 is 0. The lowest BCUT2D eigenvalue weighted by Crippen LogP contribution is -2.29. The molecule has 1 N–H and O–H groups in total. The van der Waals surface area contributed by atoms with Gasteiger partial charge >= 0.3 is 11.9 Å². The van der Waals surface area contributed by atoms with E-state index in [-0.39, 0.29) is 5.69 Å². The fourth-order valence-corrected chi connectivity index (χ4v) is 2.09. The first-order valence-electron chi connectivity index (χ1n) is 8.02. The Kier molecular flexibility index (Phi) is 6.82. The maximum absolute atomic E-state index is 13.1. The third-order valence-corrected chi connectivity index (χ3v) is 3.50. The minimum atomic E-state index is -1.06. The molecular weight excluding hydrogens is 353 g/mol. The molecule has 0 aliphatic carbocycles. The Morgan fingerprint density at radius 1 is 1.11 bits per heavy atom. The van der Waals surface area contributed by atoms with Crippen LogP contribution in [0.3, 0.4) is 0 Å². The quantitative estimate of drug-likeness (QED) is 0.623. The van der Waals surface area contributed by atoms with Crippen LogP contribution < -0.4 is 5.32 Å². The molecule has 140 valence electrons. The molecule has 0 saturated heterocycles. The SMILES string of the molecule is COC(=O)c1ccc(/C=C/C(=O)O[C@@H](C)C(=O)Nc2cccc(F)c2)cc1. The van der Waals surface area contributed by atoms with E-state index in [1.807, 2.05) is 0 Å². The van der Waals surface area contributed by atoms with Gasteiger partial charge in [-0.05, 0) is 48.9 Å². The van der Waals surface area contributed by atoms with Crippen LogP contribution in [0.2, 0.25) is 0 Å². The number of hydrogen-bond donors (Lipinski definition) is 1. The average molecular weight is 371 g/mol. The molecule has 2 rings (SSSR count). The second-order valence-electron chi connectivity index (χ2n) is 5.53. The maximum atomic E-state index is 13.1. The molecule has 7 heteroatoms. The van der Waals surface area contributed by atoms with Crippen LogP contribution in [0.5, 0.6) is 0 Å². The van der Waals surface area contributed by atoms with Gasteiger partial charge in [0.15, 0.2) is 6.10 Å². The molecule has 2 aromatic carbocycles. The van der Waals surface area contributed by atoms with Gasteiger partial charge in [-0.2, -0.15) is 0 Å². The predicted octanol–water partition coefficient (Wildman–Crippen LogP) is 3.20. The minimum absolute atomic E-state index is 0.268. The van der Waals surface area contributed by atoms with Crippen molar-refractivity contribution in [3.05, 3.63) is 71.6 Å². The van der Waals surface area contributed by atoms with E-state index in [1.54, 1.807) is 24.3 Å². The number of methoxy groups -OCH3 is 1. The van der Waals surface area contributed by atoms with Gasteiger partial charge in [0, 0.05) is 11.8 Å². The van der Waals surface area contributed by atoms with Crippen LogP contribution in [-0.4, -0.2) is 31.1 Å². The molecule has 0 radical (unpaired) electrons. The van der Waals surface area contributed by atoms with E-state index >= 15 is 0 Å². The predicted molar refractivity (Wildman–Crippen MR) is 97.4 cm³/mol. The van der Waals surface area contributed by atoms with Gasteiger partial charge in [0.1, 0.15) is 5.82 Å². The molecule has 0 saturated carbocycles. The van der Waals surface area contributed by atoms with Gasteiger partial charge in [-0.3, -0.25) is 4.79 Å². The van der Waals surface area contributed by atoms with Crippen LogP contribution in [0, 0.1) is 5.82 Å². The number of anilines is 1. The van der Waals surface area contributed by atoms with Gasteiger partial charge in [0.05, 0.1) is 12.7 Å². The Hall–Kier alpha value is -3.48. The van der Waals surface area contributed by atoms with Crippen molar-refractivity contribution in [1.29, 1.82) is 0 Å². The molecule has 1 amide bonds. The normalized spacial score (nSPS) is 11.7. The molecule has 0 aliphatic rings. The molecule has 0 aliphatic heterocycles. The van der Waals surface area contributed by atoms with Crippen molar-refractivity contribution in [1.82, 2.24) is 0 Å². The first-order valence-corrected chi connectivity index (χ1v) is 8.02. The maximum Gasteiger partial charge on any atom is 0.337 e. The topological polar surface area (TPSA) is 81.7 Å². The highest BCUT2D eigenvalue weighted by Gasteiger charge is 2.16. The zero-order chi connectivity index (χ0) is 19.8. The third-order valence-electron chi connectivity index (χ3n) is 3.50. The number of benzene rings is 2. The van der Waals surface area contributed by atoms with Gasteiger partial charge < -0.3 is 14.8 Å². The van der Waals surface area contributed by atoms with Gasteiger partial charge in [-0.15, -0.1) is 0 Å². The zero-order valence-electron chi connectivity index (χ0n) is 14.8. The standard InChI is InChI=1S/C20H18FNO5/c1-13(19(24)22-17-5-3-4-16(21)12-17)27-18(23)11-8-14-6-9-15(10-7-14)20(25)26-2/h3-13H,1-2H3,(H,22,24)/b11-8+/t13-/m0/s1. The first kappa shape index (κ1) is 19.8. The zero-order valence-corrected chi connectivity index (χ0v) is 14.8. The fraction of sp³-hybridized carbons (Fsp3) is 0.150. The summed E-state index contributed by atoms with van der Waals surface area (Å²) in [5.41, 5.74) is 1.32. The van der Waals surface area contributed by atoms with Crippen LogP contribution >= 0.6 is 0 Å². The molecule has 0 aromatic heterocycles. The monoisotopic (exact) mass is 371 g/mol. The van der Waals surface area contributed by atoms with Crippen molar-refractivity contribution in [2.45, 2.75) is 13.0 Å². The highest BCUT2D eigenvalue weighted by atomic mass is 19.1. The molecule has 0 unspecified atom stereocenters. The van der Waals surface area contributed by atoms with Crippen LogP contribution in [0.15, 0.2) is 54.6 Å². The number of ether oxygens (including phenoxy) is 2. The molecular formula is C20H18FNO5.